The van der Waals surface area contributed by atoms with Crippen LogP contribution in [-0.4, -0.2) is 28.1 Å². The smallest absolute Gasteiger partial charge is 0.198 e. The average Bonchev–Trinajstić information content (AvgIpc) is 3.08. The number of nitrogens with one attached hydrogen (secondary N) is 1. The molecule has 0 aliphatic carbocycles. The van der Waals surface area contributed by atoms with Crippen LogP contribution in [0.4, 0.5) is 5.69 Å². The maximum Gasteiger partial charge on any atom is 0.198 e. The molecule has 25 heavy (non-hydrogen) atoms. The van der Waals surface area contributed by atoms with Crippen molar-refractivity contribution < 1.29 is 4.42 Å². The fraction of sp³-hybridized carbons (Fsp3) is 0.300. The third-order valence-corrected chi connectivity index (χ3v) is 5.19. The van der Waals surface area contributed by atoms with Crippen molar-refractivity contribution in [3.05, 3.63) is 60.0 Å². The van der Waals surface area contributed by atoms with Crippen molar-refractivity contribution in [2.75, 3.05) is 18.4 Å². The summed E-state index contributed by atoms with van der Waals surface area (Å²) >= 11 is 5.60. The van der Waals surface area contributed by atoms with E-state index in [1.165, 1.54) is 5.56 Å². The number of benzene rings is 2. The lowest BCUT2D eigenvalue weighted by Crippen LogP contribution is -2.40. The van der Waals surface area contributed by atoms with Crippen LogP contribution in [0.25, 0.3) is 11.1 Å². The molecule has 3 aromatic rings. The first-order valence-electron chi connectivity index (χ1n) is 8.68. The van der Waals surface area contributed by atoms with Gasteiger partial charge in [-0.25, -0.2) is 4.98 Å². The minimum atomic E-state index is 0.366. The summed E-state index contributed by atoms with van der Waals surface area (Å²) in [5.41, 5.74) is 4.09. The van der Waals surface area contributed by atoms with Crippen molar-refractivity contribution in [3.63, 3.8) is 0 Å². The van der Waals surface area contributed by atoms with Crippen LogP contribution in [0.3, 0.4) is 0 Å². The van der Waals surface area contributed by atoms with Crippen LogP contribution >= 0.6 is 12.2 Å². The third-order valence-electron chi connectivity index (χ3n) is 4.83. The molecular formula is C20H21N3OS. The first-order valence-corrected chi connectivity index (χ1v) is 9.08. The monoisotopic (exact) mass is 351 g/mol. The second kappa shape index (κ2) is 6.84. The first kappa shape index (κ1) is 16.1. The van der Waals surface area contributed by atoms with Gasteiger partial charge in [-0.05, 0) is 55.7 Å². The molecule has 1 aliphatic heterocycles. The minimum Gasteiger partial charge on any atom is -0.440 e. The van der Waals surface area contributed by atoms with E-state index in [0.717, 1.165) is 53.7 Å². The number of piperidine rings is 1. The summed E-state index contributed by atoms with van der Waals surface area (Å²) in [4.78, 5) is 6.89. The molecule has 0 amide bonds. The minimum absolute atomic E-state index is 0.366. The van der Waals surface area contributed by atoms with Crippen LogP contribution < -0.4 is 5.32 Å². The maximum atomic E-state index is 5.94. The molecule has 0 saturated carbocycles. The van der Waals surface area contributed by atoms with Crippen molar-refractivity contribution in [1.82, 2.24) is 9.88 Å². The number of anilines is 1. The molecule has 0 unspecified atom stereocenters. The Bertz CT molecular complexity index is 864. The van der Waals surface area contributed by atoms with Crippen molar-refractivity contribution in [1.29, 1.82) is 0 Å². The summed E-state index contributed by atoms with van der Waals surface area (Å²) in [6.45, 7) is 3.92. The number of hydrogen-bond acceptors (Lipinski definition) is 3. The van der Waals surface area contributed by atoms with Gasteiger partial charge in [0.15, 0.2) is 16.6 Å². The molecule has 128 valence electrons. The highest BCUT2D eigenvalue weighted by molar-refractivity contribution is 7.80. The lowest BCUT2D eigenvalue weighted by molar-refractivity contribution is 0.290. The standard InChI is InChI=1S/C20H21N3OS/c1-14-6-2-3-7-16(14)22-20(25)23-12-10-15(11-13-23)19-21-17-8-4-5-9-18(17)24-19/h2-9,15H,10-13H2,1H3,(H,22,25). The molecule has 1 aromatic heterocycles. The maximum absolute atomic E-state index is 5.94. The number of aryl methyl sites for hydroxylation is 1. The van der Waals surface area contributed by atoms with Crippen LogP contribution in [0, 0.1) is 6.92 Å². The summed E-state index contributed by atoms with van der Waals surface area (Å²) in [5.74, 6) is 1.23. The molecule has 2 heterocycles. The highest BCUT2D eigenvalue weighted by atomic mass is 32.1. The average molecular weight is 351 g/mol. The van der Waals surface area contributed by atoms with Gasteiger partial charge in [-0.1, -0.05) is 30.3 Å². The Morgan fingerprint density at radius 3 is 2.60 bits per heavy atom. The van der Waals surface area contributed by atoms with Gasteiger partial charge in [-0.2, -0.15) is 0 Å². The number of fused-ring (bicyclic) bond motifs is 1. The molecule has 1 saturated heterocycles. The number of rotatable bonds is 2. The highest BCUT2D eigenvalue weighted by Crippen LogP contribution is 2.30. The zero-order valence-electron chi connectivity index (χ0n) is 14.2. The Morgan fingerprint density at radius 1 is 1.12 bits per heavy atom. The van der Waals surface area contributed by atoms with Gasteiger partial charge >= 0.3 is 0 Å². The first-order chi connectivity index (χ1) is 12.2. The van der Waals surface area contributed by atoms with Gasteiger partial charge in [0.2, 0.25) is 0 Å². The second-order valence-electron chi connectivity index (χ2n) is 6.53. The number of para-hydroxylation sites is 3. The van der Waals surface area contributed by atoms with Crippen LogP contribution in [0.1, 0.15) is 30.2 Å². The second-order valence-corrected chi connectivity index (χ2v) is 6.91. The molecule has 0 radical (unpaired) electrons. The fourth-order valence-electron chi connectivity index (χ4n) is 3.30. The molecule has 1 aliphatic rings. The molecule has 2 aromatic carbocycles. The third kappa shape index (κ3) is 3.37. The van der Waals surface area contributed by atoms with Crippen LogP contribution in [0.2, 0.25) is 0 Å². The van der Waals surface area contributed by atoms with E-state index < -0.39 is 0 Å². The topological polar surface area (TPSA) is 41.3 Å². The number of hydrogen-bond donors (Lipinski definition) is 1. The Kier molecular flexibility index (Phi) is 4.40. The lowest BCUT2D eigenvalue weighted by atomic mass is 9.97. The SMILES string of the molecule is Cc1ccccc1NC(=S)N1CCC(c2nc3ccccc3o2)CC1. The Labute approximate surface area is 152 Å². The van der Waals surface area contributed by atoms with Crippen molar-refractivity contribution >= 4 is 34.1 Å². The van der Waals surface area contributed by atoms with Crippen molar-refractivity contribution in [2.45, 2.75) is 25.7 Å². The van der Waals surface area contributed by atoms with E-state index in [0.29, 0.717) is 5.92 Å². The van der Waals surface area contributed by atoms with E-state index in [1.54, 1.807) is 0 Å². The molecule has 4 rings (SSSR count). The molecular weight excluding hydrogens is 330 g/mol. The van der Waals surface area contributed by atoms with Crippen molar-refractivity contribution in [3.8, 4) is 0 Å². The molecule has 0 atom stereocenters. The van der Waals surface area contributed by atoms with E-state index in [1.807, 2.05) is 36.4 Å². The van der Waals surface area contributed by atoms with Gasteiger partial charge in [-0.3, -0.25) is 0 Å². The molecule has 1 N–H and O–H groups in total. The van der Waals surface area contributed by atoms with Crippen LogP contribution in [0.15, 0.2) is 52.9 Å². The zero-order valence-corrected chi connectivity index (χ0v) is 15.1. The Morgan fingerprint density at radius 2 is 1.84 bits per heavy atom. The quantitative estimate of drug-likeness (QED) is 0.677. The van der Waals surface area contributed by atoms with Crippen LogP contribution in [0.5, 0.6) is 0 Å². The van der Waals surface area contributed by atoms with E-state index in [9.17, 15) is 0 Å². The Balaban J connectivity index is 1.39. The van der Waals surface area contributed by atoms with Gasteiger partial charge in [0.05, 0.1) is 0 Å². The number of likely N-dealkylation sites (tertiary alicyclic amines) is 1. The molecule has 4 nitrogen and oxygen atoms in total. The van der Waals surface area contributed by atoms with Crippen molar-refractivity contribution in [2.24, 2.45) is 0 Å². The Hall–Kier alpha value is -2.40. The lowest BCUT2D eigenvalue weighted by Gasteiger charge is -2.32. The highest BCUT2D eigenvalue weighted by Gasteiger charge is 2.25. The summed E-state index contributed by atoms with van der Waals surface area (Å²) in [6.07, 6.45) is 2.00. The number of aromatic nitrogens is 1. The largest absolute Gasteiger partial charge is 0.440 e. The molecule has 0 spiro atoms. The predicted molar refractivity (Wildman–Crippen MR) is 105 cm³/mol. The summed E-state index contributed by atoms with van der Waals surface area (Å²) in [7, 11) is 0. The number of thiocarbonyl (C=S) groups is 1. The predicted octanol–water partition coefficient (Wildman–Crippen LogP) is 4.71. The van der Waals surface area contributed by atoms with Gasteiger partial charge in [0, 0.05) is 24.7 Å². The number of oxazole rings is 1. The zero-order chi connectivity index (χ0) is 17.2. The van der Waals surface area contributed by atoms with Crippen LogP contribution in [-0.2, 0) is 0 Å². The van der Waals surface area contributed by atoms with E-state index in [-0.39, 0.29) is 0 Å². The van der Waals surface area contributed by atoms with E-state index in [4.69, 9.17) is 16.6 Å². The number of nitrogens with zero attached hydrogens (tertiary/aromatic N) is 2. The summed E-state index contributed by atoms with van der Waals surface area (Å²) in [5, 5.41) is 4.17. The summed E-state index contributed by atoms with van der Waals surface area (Å²) < 4.78 is 5.94. The van der Waals surface area contributed by atoms with E-state index in [2.05, 4.69) is 34.3 Å². The molecule has 5 heteroatoms. The fourth-order valence-corrected chi connectivity index (χ4v) is 3.59. The normalized spacial score (nSPS) is 15.5. The van der Waals surface area contributed by atoms with Gasteiger partial charge < -0.3 is 14.6 Å². The van der Waals surface area contributed by atoms with Gasteiger partial charge in [0.25, 0.3) is 0 Å². The summed E-state index contributed by atoms with van der Waals surface area (Å²) in [6, 6.07) is 16.2. The molecule has 0 bridgehead atoms. The van der Waals surface area contributed by atoms with Gasteiger partial charge in [0.1, 0.15) is 5.52 Å². The molecule has 1 fully saturated rings. The van der Waals surface area contributed by atoms with Gasteiger partial charge in [-0.15, -0.1) is 0 Å². The van der Waals surface area contributed by atoms with E-state index >= 15 is 0 Å².